The average molecular weight is 549 g/mol. The number of carbonyl (C=O) groups is 1. The minimum atomic E-state index is -0.294. The first-order chi connectivity index (χ1) is 17.8. The van der Waals surface area contributed by atoms with E-state index in [9.17, 15) is 4.79 Å². The Kier molecular flexibility index (Phi) is 11.0. The van der Waals surface area contributed by atoms with Crippen molar-refractivity contribution in [1.82, 2.24) is 0 Å². The lowest BCUT2D eigenvalue weighted by Crippen LogP contribution is -2.50. The Morgan fingerprint density at radius 2 is 1.68 bits per heavy atom. The molecular formula is C34H57ClOS. The van der Waals surface area contributed by atoms with Crippen LogP contribution in [0.4, 0.5) is 0 Å². The summed E-state index contributed by atoms with van der Waals surface area (Å²) in [6.07, 6.45) is 27.8. The van der Waals surface area contributed by atoms with Crippen molar-refractivity contribution in [2.75, 3.05) is 0 Å². The van der Waals surface area contributed by atoms with Crippen molar-refractivity contribution in [3.63, 3.8) is 0 Å². The highest BCUT2D eigenvalue weighted by Gasteiger charge is 2.58. The third kappa shape index (κ3) is 6.69. The lowest BCUT2D eigenvalue weighted by Gasteiger charge is -2.58. The molecular weight excluding hydrogens is 492 g/mol. The molecule has 37 heavy (non-hydrogen) atoms. The Hall–Kier alpha value is 0.0500. The van der Waals surface area contributed by atoms with Crippen molar-refractivity contribution in [3.8, 4) is 0 Å². The van der Waals surface area contributed by atoms with Crippen molar-refractivity contribution < 1.29 is 4.79 Å². The van der Waals surface area contributed by atoms with Gasteiger partial charge in [-0.15, -0.1) is 11.6 Å². The third-order valence-corrected chi connectivity index (χ3v) is 13.6. The summed E-state index contributed by atoms with van der Waals surface area (Å²) in [7, 11) is 0. The monoisotopic (exact) mass is 548 g/mol. The number of allylic oxidation sites excluding steroid dienone is 2. The lowest BCUT2D eigenvalue weighted by atomic mass is 9.47. The summed E-state index contributed by atoms with van der Waals surface area (Å²) in [5.41, 5.74) is 2.68. The number of halogens is 1. The first-order valence-corrected chi connectivity index (χ1v) is 17.7. The second-order valence-electron chi connectivity index (χ2n) is 13.9. The molecule has 3 fully saturated rings. The Labute approximate surface area is 239 Å². The van der Waals surface area contributed by atoms with Gasteiger partial charge in [0.25, 0.3) is 0 Å². The molecule has 0 amide bonds. The van der Waals surface area contributed by atoms with Gasteiger partial charge in [-0.25, -0.2) is 0 Å². The van der Waals surface area contributed by atoms with Crippen molar-refractivity contribution in [2.45, 2.75) is 160 Å². The fraction of sp³-hybridized carbons (Fsp3) is 0.912. The first-order valence-electron chi connectivity index (χ1n) is 16.4. The molecule has 0 aromatic carbocycles. The largest absolute Gasteiger partial charge is 0.286 e. The van der Waals surface area contributed by atoms with Crippen molar-refractivity contribution >= 4 is 28.5 Å². The molecule has 0 unspecified atom stereocenters. The summed E-state index contributed by atoms with van der Waals surface area (Å²) >= 11 is 8.08. The topological polar surface area (TPSA) is 17.1 Å². The standard InChI is InChI=1S/C34H57ClOS/c1-5-7-9-10-11-13-14-25-17-19-29-28-18-16-26-24-27(37-32(36)31(35)15-12-8-6-2)20-22-34(26,4)30(28)21-23-33(25,29)3/h16,25,27-31H,5-15,17-24H2,1-4H3/t25-,27-,28+,29-,30+,31+,33+,34-/m0/s1. The predicted molar refractivity (Wildman–Crippen MR) is 163 cm³/mol. The van der Waals surface area contributed by atoms with Crippen molar-refractivity contribution in [2.24, 2.45) is 34.5 Å². The van der Waals surface area contributed by atoms with Gasteiger partial charge >= 0.3 is 0 Å². The summed E-state index contributed by atoms with van der Waals surface area (Å²) < 4.78 is 0. The molecule has 0 radical (unpaired) electrons. The normalized spacial score (nSPS) is 37.9. The predicted octanol–water partition coefficient (Wildman–Crippen LogP) is 11.1. The first kappa shape index (κ1) is 30.0. The van der Waals surface area contributed by atoms with E-state index in [0.29, 0.717) is 16.1 Å². The van der Waals surface area contributed by atoms with Gasteiger partial charge in [-0.05, 0) is 98.7 Å². The van der Waals surface area contributed by atoms with E-state index in [1.165, 1.54) is 103 Å². The Morgan fingerprint density at radius 3 is 2.46 bits per heavy atom. The van der Waals surface area contributed by atoms with Gasteiger partial charge in [-0.1, -0.05) is 109 Å². The molecule has 0 aliphatic heterocycles. The average Bonchev–Trinajstić information content (AvgIpc) is 3.22. The number of carbonyl (C=O) groups excluding carboxylic acids is 1. The van der Waals surface area contributed by atoms with Crippen molar-refractivity contribution in [3.05, 3.63) is 11.6 Å². The fourth-order valence-electron chi connectivity index (χ4n) is 9.41. The van der Waals surface area contributed by atoms with Crippen LogP contribution < -0.4 is 0 Å². The van der Waals surface area contributed by atoms with Crippen LogP contribution in [0.3, 0.4) is 0 Å². The summed E-state index contributed by atoms with van der Waals surface area (Å²) in [5.74, 6) is 3.69. The summed E-state index contributed by atoms with van der Waals surface area (Å²) in [6.45, 7) is 9.83. The number of alkyl halides is 1. The van der Waals surface area contributed by atoms with Crippen molar-refractivity contribution in [1.29, 1.82) is 0 Å². The number of hydrogen-bond acceptors (Lipinski definition) is 2. The number of unbranched alkanes of at least 4 members (excludes halogenated alkanes) is 7. The van der Waals surface area contributed by atoms with E-state index in [0.717, 1.165) is 42.9 Å². The van der Waals surface area contributed by atoms with Crippen LogP contribution in [0.2, 0.25) is 0 Å². The molecule has 3 saturated carbocycles. The lowest BCUT2D eigenvalue weighted by molar-refractivity contribution is -0.110. The van der Waals surface area contributed by atoms with Crippen LogP contribution in [0.15, 0.2) is 11.6 Å². The van der Waals surface area contributed by atoms with E-state index in [2.05, 4.69) is 33.8 Å². The zero-order valence-corrected chi connectivity index (χ0v) is 26.2. The van der Waals surface area contributed by atoms with Gasteiger partial charge in [0, 0.05) is 5.25 Å². The molecule has 0 heterocycles. The third-order valence-electron chi connectivity index (χ3n) is 11.8. The molecule has 0 saturated heterocycles. The zero-order valence-electron chi connectivity index (χ0n) is 24.7. The van der Waals surface area contributed by atoms with Gasteiger partial charge in [0.05, 0.1) is 0 Å². The Morgan fingerprint density at radius 1 is 0.946 bits per heavy atom. The highest BCUT2D eigenvalue weighted by molar-refractivity contribution is 8.14. The maximum atomic E-state index is 12.8. The van der Waals surface area contributed by atoms with E-state index in [1.807, 2.05) is 0 Å². The highest BCUT2D eigenvalue weighted by atomic mass is 35.5. The van der Waals surface area contributed by atoms with Crippen LogP contribution in [0.25, 0.3) is 0 Å². The molecule has 0 spiro atoms. The van der Waals surface area contributed by atoms with Crippen LogP contribution in [-0.4, -0.2) is 15.7 Å². The molecule has 8 atom stereocenters. The number of hydrogen-bond donors (Lipinski definition) is 0. The minimum absolute atomic E-state index is 0.233. The summed E-state index contributed by atoms with van der Waals surface area (Å²) in [5, 5.41) is 0.381. The molecule has 212 valence electrons. The second kappa shape index (κ2) is 13.6. The van der Waals surface area contributed by atoms with Gasteiger partial charge in [0.15, 0.2) is 0 Å². The SMILES string of the molecule is CCCCCCCC[C@H]1CC[C@H]2[C@H]3CC=C4C[C@@H](SC(=O)[C@H](Cl)CCCCC)CC[C@]4(C)[C@@H]3CC[C@]12C. The second-order valence-corrected chi connectivity index (χ2v) is 15.7. The van der Waals surface area contributed by atoms with Gasteiger partial charge in [-0.3, -0.25) is 4.79 Å². The molecule has 4 aliphatic rings. The maximum Gasteiger partial charge on any atom is 0.207 e. The van der Waals surface area contributed by atoms with Crippen LogP contribution in [-0.2, 0) is 4.79 Å². The molecule has 4 aliphatic carbocycles. The van der Waals surface area contributed by atoms with E-state index in [4.69, 9.17) is 11.6 Å². The van der Waals surface area contributed by atoms with E-state index < -0.39 is 0 Å². The van der Waals surface area contributed by atoms with E-state index in [-0.39, 0.29) is 10.5 Å². The molecule has 4 rings (SSSR count). The maximum absolute atomic E-state index is 12.8. The van der Waals surface area contributed by atoms with Crippen LogP contribution in [0.1, 0.15) is 150 Å². The molecule has 0 N–H and O–H groups in total. The number of thioether (sulfide) groups is 1. The Balaban J connectivity index is 1.32. The van der Waals surface area contributed by atoms with Gasteiger partial charge in [-0.2, -0.15) is 0 Å². The Bertz CT molecular complexity index is 778. The van der Waals surface area contributed by atoms with Gasteiger partial charge in [0.1, 0.15) is 5.38 Å². The number of rotatable bonds is 13. The zero-order chi connectivity index (χ0) is 26.5. The van der Waals surface area contributed by atoms with E-state index >= 15 is 0 Å². The minimum Gasteiger partial charge on any atom is -0.286 e. The molecule has 0 aromatic rings. The summed E-state index contributed by atoms with van der Waals surface area (Å²) in [6, 6.07) is 0. The van der Waals surface area contributed by atoms with E-state index in [1.54, 1.807) is 17.3 Å². The fourth-order valence-corrected chi connectivity index (χ4v) is 10.8. The molecule has 3 heteroatoms. The smallest absolute Gasteiger partial charge is 0.207 e. The van der Waals surface area contributed by atoms with Crippen LogP contribution >= 0.6 is 23.4 Å². The van der Waals surface area contributed by atoms with Gasteiger partial charge < -0.3 is 0 Å². The highest BCUT2D eigenvalue weighted by Crippen LogP contribution is 2.67. The molecule has 0 bridgehead atoms. The number of fused-ring (bicyclic) bond motifs is 5. The quantitative estimate of drug-likeness (QED) is 0.129. The van der Waals surface area contributed by atoms with Crippen LogP contribution in [0, 0.1) is 34.5 Å². The van der Waals surface area contributed by atoms with Gasteiger partial charge in [0.2, 0.25) is 5.12 Å². The summed E-state index contributed by atoms with van der Waals surface area (Å²) in [4.78, 5) is 12.8. The molecule has 1 nitrogen and oxygen atoms in total. The molecule has 0 aromatic heterocycles. The van der Waals surface area contributed by atoms with Crippen LogP contribution in [0.5, 0.6) is 0 Å².